The van der Waals surface area contributed by atoms with Gasteiger partial charge in [0.2, 0.25) is 5.89 Å². The number of aromatic nitrogens is 2. The standard InChI is InChI=1S/C17H19N3O4/c1-22-13-4-6-14(7-5-13)23-10-15(21)20-8-12(9-20)17-18-16(19-24-17)11-2-3-11/h4-7,11-12H,2-3,8-10H2,1H3. The quantitative estimate of drug-likeness (QED) is 0.806. The number of hydrogen-bond acceptors (Lipinski definition) is 6. The lowest BCUT2D eigenvalue weighted by Gasteiger charge is -2.36. The Hall–Kier alpha value is -2.57. The van der Waals surface area contributed by atoms with Gasteiger partial charge in [-0.05, 0) is 37.1 Å². The number of methoxy groups -OCH3 is 1. The first-order valence-electron chi connectivity index (χ1n) is 8.11. The fourth-order valence-corrected chi connectivity index (χ4v) is 2.67. The number of carbonyl (C=O) groups excluding carboxylic acids is 1. The summed E-state index contributed by atoms with van der Waals surface area (Å²) in [5.74, 6) is 3.46. The van der Waals surface area contributed by atoms with Crippen LogP contribution in [0.25, 0.3) is 0 Å². The van der Waals surface area contributed by atoms with Crippen LogP contribution in [-0.4, -0.2) is 47.8 Å². The van der Waals surface area contributed by atoms with E-state index in [0.29, 0.717) is 30.6 Å². The van der Waals surface area contributed by atoms with Crippen LogP contribution >= 0.6 is 0 Å². The van der Waals surface area contributed by atoms with Crippen LogP contribution in [0, 0.1) is 0 Å². The minimum atomic E-state index is -0.0380. The Kier molecular flexibility index (Phi) is 3.84. The minimum absolute atomic E-state index is 0.0240. The second-order valence-electron chi connectivity index (χ2n) is 6.22. The van der Waals surface area contributed by atoms with Crippen molar-refractivity contribution < 1.29 is 18.8 Å². The van der Waals surface area contributed by atoms with Gasteiger partial charge < -0.3 is 18.9 Å². The lowest BCUT2D eigenvalue weighted by molar-refractivity contribution is -0.138. The van der Waals surface area contributed by atoms with E-state index >= 15 is 0 Å². The third kappa shape index (κ3) is 3.06. The van der Waals surface area contributed by atoms with Crippen LogP contribution in [0.3, 0.4) is 0 Å². The molecule has 0 unspecified atom stereocenters. The molecule has 7 nitrogen and oxygen atoms in total. The number of likely N-dealkylation sites (tertiary alicyclic amines) is 1. The molecule has 1 aromatic heterocycles. The fraction of sp³-hybridized carbons (Fsp3) is 0.471. The predicted octanol–water partition coefficient (Wildman–Crippen LogP) is 1.96. The van der Waals surface area contributed by atoms with Crippen molar-refractivity contribution in [1.82, 2.24) is 15.0 Å². The lowest BCUT2D eigenvalue weighted by Crippen LogP contribution is -2.50. The first-order chi connectivity index (χ1) is 11.7. The summed E-state index contributed by atoms with van der Waals surface area (Å²) in [6.45, 7) is 1.24. The Morgan fingerprint density at radius 3 is 2.58 bits per heavy atom. The van der Waals surface area contributed by atoms with Crippen LogP contribution in [-0.2, 0) is 4.79 Å². The Labute approximate surface area is 139 Å². The minimum Gasteiger partial charge on any atom is -0.497 e. The molecule has 24 heavy (non-hydrogen) atoms. The molecular weight excluding hydrogens is 310 g/mol. The number of hydrogen-bond donors (Lipinski definition) is 0. The van der Waals surface area contributed by atoms with Crippen molar-refractivity contribution in [1.29, 1.82) is 0 Å². The van der Waals surface area contributed by atoms with Gasteiger partial charge in [-0.15, -0.1) is 0 Å². The van der Waals surface area contributed by atoms with Gasteiger partial charge in [0.15, 0.2) is 12.4 Å². The summed E-state index contributed by atoms with van der Waals surface area (Å²) in [4.78, 5) is 18.3. The van der Waals surface area contributed by atoms with E-state index in [9.17, 15) is 4.79 Å². The van der Waals surface area contributed by atoms with Crippen molar-refractivity contribution in [3.05, 3.63) is 36.0 Å². The molecule has 1 saturated heterocycles. The van der Waals surface area contributed by atoms with E-state index in [4.69, 9.17) is 14.0 Å². The molecule has 0 spiro atoms. The zero-order valence-corrected chi connectivity index (χ0v) is 13.5. The van der Waals surface area contributed by atoms with Crippen LogP contribution in [0.1, 0.15) is 36.4 Å². The molecule has 4 rings (SSSR count). The molecule has 126 valence electrons. The molecule has 0 radical (unpaired) electrons. The van der Waals surface area contributed by atoms with Crippen molar-refractivity contribution in [2.45, 2.75) is 24.7 Å². The molecule has 1 amide bonds. The second kappa shape index (κ2) is 6.14. The Bertz CT molecular complexity index is 718. The molecule has 0 N–H and O–H groups in total. The van der Waals surface area contributed by atoms with E-state index in [1.54, 1.807) is 36.3 Å². The molecule has 2 fully saturated rings. The Morgan fingerprint density at radius 2 is 1.92 bits per heavy atom. The van der Waals surface area contributed by atoms with Crippen molar-refractivity contribution in [2.75, 3.05) is 26.8 Å². The first-order valence-corrected chi connectivity index (χ1v) is 8.11. The molecule has 1 aliphatic heterocycles. The van der Waals surface area contributed by atoms with E-state index in [2.05, 4.69) is 10.1 Å². The summed E-state index contributed by atoms with van der Waals surface area (Å²) in [6.07, 6.45) is 2.30. The van der Waals surface area contributed by atoms with Crippen molar-refractivity contribution in [3.63, 3.8) is 0 Å². The first kappa shape index (κ1) is 15.0. The van der Waals surface area contributed by atoms with Crippen LogP contribution in [0.15, 0.2) is 28.8 Å². The molecule has 1 aliphatic carbocycles. The monoisotopic (exact) mass is 329 g/mol. The maximum atomic E-state index is 12.1. The molecule has 1 saturated carbocycles. The third-order valence-corrected chi connectivity index (χ3v) is 4.41. The van der Waals surface area contributed by atoms with E-state index in [1.165, 1.54) is 0 Å². The van der Waals surface area contributed by atoms with Gasteiger partial charge in [0, 0.05) is 19.0 Å². The van der Waals surface area contributed by atoms with E-state index < -0.39 is 0 Å². The van der Waals surface area contributed by atoms with Crippen LogP contribution in [0.4, 0.5) is 0 Å². The van der Waals surface area contributed by atoms with E-state index in [-0.39, 0.29) is 18.4 Å². The molecule has 0 atom stereocenters. The number of ether oxygens (including phenoxy) is 2. The number of carbonyl (C=O) groups is 1. The molecular formula is C17H19N3O4. The number of rotatable bonds is 6. The average Bonchev–Trinajstić information content (AvgIpc) is 3.31. The molecule has 2 aromatic rings. The highest BCUT2D eigenvalue weighted by Gasteiger charge is 2.37. The summed E-state index contributed by atoms with van der Waals surface area (Å²) in [7, 11) is 1.61. The van der Waals surface area contributed by atoms with Gasteiger partial charge in [0.1, 0.15) is 11.5 Å². The van der Waals surface area contributed by atoms with Gasteiger partial charge in [-0.1, -0.05) is 5.16 Å². The summed E-state index contributed by atoms with van der Waals surface area (Å²) < 4.78 is 15.9. The molecule has 2 aliphatic rings. The van der Waals surface area contributed by atoms with Gasteiger partial charge in [-0.2, -0.15) is 4.98 Å². The summed E-state index contributed by atoms with van der Waals surface area (Å²) in [5.41, 5.74) is 0. The summed E-state index contributed by atoms with van der Waals surface area (Å²) >= 11 is 0. The molecule has 1 aromatic carbocycles. The fourth-order valence-electron chi connectivity index (χ4n) is 2.67. The maximum Gasteiger partial charge on any atom is 0.260 e. The number of benzene rings is 1. The average molecular weight is 329 g/mol. The number of amides is 1. The maximum absolute atomic E-state index is 12.1. The van der Waals surface area contributed by atoms with Crippen molar-refractivity contribution >= 4 is 5.91 Å². The van der Waals surface area contributed by atoms with Crippen LogP contribution in [0.5, 0.6) is 11.5 Å². The van der Waals surface area contributed by atoms with E-state index in [0.717, 1.165) is 24.4 Å². The highest BCUT2D eigenvalue weighted by Crippen LogP contribution is 2.39. The van der Waals surface area contributed by atoms with Gasteiger partial charge >= 0.3 is 0 Å². The highest BCUT2D eigenvalue weighted by atomic mass is 16.5. The summed E-state index contributed by atoms with van der Waals surface area (Å²) in [6, 6.07) is 7.16. The molecule has 0 bridgehead atoms. The SMILES string of the molecule is COc1ccc(OCC(=O)N2CC(c3nc(C4CC4)no3)C2)cc1. The van der Waals surface area contributed by atoms with Gasteiger partial charge in [0.05, 0.1) is 13.0 Å². The Balaban J connectivity index is 1.24. The summed E-state index contributed by atoms with van der Waals surface area (Å²) in [5, 5.41) is 4.02. The normalized spacial score (nSPS) is 17.5. The van der Waals surface area contributed by atoms with Crippen LogP contribution in [0.2, 0.25) is 0 Å². The topological polar surface area (TPSA) is 77.7 Å². The predicted molar refractivity (Wildman–Crippen MR) is 84.1 cm³/mol. The van der Waals surface area contributed by atoms with Gasteiger partial charge in [0.25, 0.3) is 5.91 Å². The lowest BCUT2D eigenvalue weighted by atomic mass is 10.0. The van der Waals surface area contributed by atoms with Crippen LogP contribution < -0.4 is 9.47 Å². The molecule has 2 heterocycles. The van der Waals surface area contributed by atoms with Gasteiger partial charge in [-0.3, -0.25) is 4.79 Å². The Morgan fingerprint density at radius 1 is 1.21 bits per heavy atom. The molecule has 7 heteroatoms. The third-order valence-electron chi connectivity index (χ3n) is 4.41. The highest BCUT2D eigenvalue weighted by molar-refractivity contribution is 5.78. The largest absolute Gasteiger partial charge is 0.497 e. The van der Waals surface area contributed by atoms with Gasteiger partial charge in [-0.25, -0.2) is 0 Å². The smallest absolute Gasteiger partial charge is 0.260 e. The number of nitrogens with zero attached hydrogens (tertiary/aromatic N) is 3. The zero-order valence-electron chi connectivity index (χ0n) is 13.5. The zero-order chi connectivity index (χ0) is 16.5. The van der Waals surface area contributed by atoms with Crippen molar-refractivity contribution in [2.24, 2.45) is 0 Å². The second-order valence-corrected chi connectivity index (χ2v) is 6.22. The van der Waals surface area contributed by atoms with E-state index in [1.807, 2.05) is 0 Å². The van der Waals surface area contributed by atoms with Crippen molar-refractivity contribution in [3.8, 4) is 11.5 Å².